The molecule has 2 saturated heterocycles. The number of fused-ring (bicyclic) bond motifs is 1. The molecule has 0 saturated carbocycles. The normalized spacial score (nSPS) is 23.8. The van der Waals surface area contributed by atoms with Gasteiger partial charge in [0, 0.05) is 16.6 Å². The molecule has 1 N–H and O–H groups in total. The van der Waals surface area contributed by atoms with E-state index in [9.17, 15) is 14.7 Å². The van der Waals surface area contributed by atoms with Crippen molar-refractivity contribution in [2.24, 2.45) is 5.92 Å². The monoisotopic (exact) mass is 458 g/mol. The van der Waals surface area contributed by atoms with Gasteiger partial charge in [-0.25, -0.2) is 5.06 Å². The zero-order valence-electron chi connectivity index (χ0n) is 16.3. The topological polar surface area (TPSA) is 70.1 Å². The van der Waals surface area contributed by atoms with Gasteiger partial charge in [0.1, 0.15) is 11.7 Å². The number of carbonyl (C=O) groups is 2. The van der Waals surface area contributed by atoms with E-state index in [0.29, 0.717) is 12.1 Å². The molecule has 2 aliphatic heterocycles. The van der Waals surface area contributed by atoms with Gasteiger partial charge in [-0.15, -0.1) is 0 Å². The lowest BCUT2D eigenvalue weighted by Gasteiger charge is -2.30. The van der Waals surface area contributed by atoms with Gasteiger partial charge in [-0.05, 0) is 43.2 Å². The minimum Gasteiger partial charge on any atom is -0.508 e. The predicted octanol–water partition coefficient (Wildman–Crippen LogP) is 4.11. The first kappa shape index (κ1) is 19.9. The van der Waals surface area contributed by atoms with E-state index in [1.165, 1.54) is 4.90 Å². The van der Waals surface area contributed by atoms with Crippen molar-refractivity contribution in [1.29, 1.82) is 0 Å². The number of halogens is 1. The summed E-state index contributed by atoms with van der Waals surface area (Å²) in [7, 11) is 0. The van der Waals surface area contributed by atoms with E-state index >= 15 is 0 Å². The van der Waals surface area contributed by atoms with Gasteiger partial charge in [0.25, 0.3) is 5.91 Å². The Kier molecular flexibility index (Phi) is 5.36. The van der Waals surface area contributed by atoms with E-state index in [1.807, 2.05) is 38.1 Å². The molecular formula is C22H23BrN2O4. The van der Waals surface area contributed by atoms with Gasteiger partial charge in [0.05, 0.1) is 11.7 Å². The molecule has 29 heavy (non-hydrogen) atoms. The Morgan fingerprint density at radius 1 is 1.14 bits per heavy atom. The standard InChI is InChI=1S/C22H23BrN2O4/c1-3-4-11-24-21(27)18-19(15-12-14(23)9-10-17(15)26)25(29-20(18)22(24)28)16-8-6-5-7-13(16)2/h5-10,12,18-20,26H,3-4,11H2,1-2H3. The molecule has 0 bridgehead atoms. The molecule has 2 aliphatic rings. The molecule has 3 unspecified atom stereocenters. The van der Waals surface area contributed by atoms with Crippen molar-refractivity contribution in [1.82, 2.24) is 4.90 Å². The minimum atomic E-state index is -0.887. The maximum atomic E-state index is 13.3. The summed E-state index contributed by atoms with van der Waals surface area (Å²) in [6.07, 6.45) is 0.756. The molecule has 0 aliphatic carbocycles. The van der Waals surface area contributed by atoms with Crippen LogP contribution in [0.2, 0.25) is 0 Å². The van der Waals surface area contributed by atoms with Crippen LogP contribution in [0.5, 0.6) is 5.75 Å². The first-order valence-corrected chi connectivity index (χ1v) is 10.6. The molecule has 152 valence electrons. The third-order valence-corrected chi connectivity index (χ3v) is 6.10. The van der Waals surface area contributed by atoms with E-state index in [2.05, 4.69) is 15.9 Å². The summed E-state index contributed by atoms with van der Waals surface area (Å²) in [4.78, 5) is 33.6. The maximum Gasteiger partial charge on any atom is 0.261 e. The van der Waals surface area contributed by atoms with Crippen molar-refractivity contribution in [3.05, 3.63) is 58.1 Å². The number of aromatic hydroxyl groups is 1. The highest BCUT2D eigenvalue weighted by Crippen LogP contribution is 2.49. The first-order chi connectivity index (χ1) is 13.9. The summed E-state index contributed by atoms with van der Waals surface area (Å²) < 4.78 is 0.776. The third kappa shape index (κ3) is 3.32. The highest BCUT2D eigenvalue weighted by atomic mass is 79.9. The van der Waals surface area contributed by atoms with Gasteiger partial charge >= 0.3 is 0 Å². The van der Waals surface area contributed by atoms with Crippen LogP contribution in [0.3, 0.4) is 0 Å². The molecule has 4 rings (SSSR count). The fourth-order valence-corrected chi connectivity index (χ4v) is 4.49. The van der Waals surface area contributed by atoms with Crippen molar-refractivity contribution in [3.8, 4) is 5.75 Å². The summed E-state index contributed by atoms with van der Waals surface area (Å²) in [5, 5.41) is 12.2. The summed E-state index contributed by atoms with van der Waals surface area (Å²) in [6, 6.07) is 12.1. The molecule has 0 aromatic heterocycles. The number of hydrogen-bond acceptors (Lipinski definition) is 5. The zero-order chi connectivity index (χ0) is 20.7. The molecule has 6 nitrogen and oxygen atoms in total. The van der Waals surface area contributed by atoms with Crippen LogP contribution in [0, 0.1) is 12.8 Å². The van der Waals surface area contributed by atoms with Crippen LogP contribution in [-0.2, 0) is 14.4 Å². The number of phenols is 1. The van der Waals surface area contributed by atoms with Crippen LogP contribution >= 0.6 is 15.9 Å². The number of benzene rings is 2. The minimum absolute atomic E-state index is 0.0632. The van der Waals surface area contributed by atoms with Crippen LogP contribution < -0.4 is 5.06 Å². The highest BCUT2D eigenvalue weighted by Gasteiger charge is 2.60. The number of nitrogens with zero attached hydrogens (tertiary/aromatic N) is 2. The smallest absolute Gasteiger partial charge is 0.261 e. The van der Waals surface area contributed by atoms with Crippen LogP contribution in [0.15, 0.2) is 46.9 Å². The third-order valence-electron chi connectivity index (χ3n) is 5.60. The number of likely N-dealkylation sites (tertiary alicyclic amines) is 1. The van der Waals surface area contributed by atoms with Crippen molar-refractivity contribution >= 4 is 33.4 Å². The molecule has 2 aromatic rings. The number of anilines is 1. The number of aryl methyl sites for hydroxylation is 1. The lowest BCUT2D eigenvalue weighted by molar-refractivity contribution is -0.143. The lowest BCUT2D eigenvalue weighted by Crippen LogP contribution is -2.38. The Hall–Kier alpha value is -2.38. The fourth-order valence-electron chi connectivity index (χ4n) is 4.11. The summed E-state index contributed by atoms with van der Waals surface area (Å²) in [5.41, 5.74) is 2.27. The molecule has 0 spiro atoms. The number of rotatable bonds is 5. The Bertz CT molecular complexity index is 964. The Morgan fingerprint density at radius 3 is 2.62 bits per heavy atom. The Balaban J connectivity index is 1.81. The molecular weight excluding hydrogens is 436 g/mol. The van der Waals surface area contributed by atoms with E-state index in [1.54, 1.807) is 23.3 Å². The van der Waals surface area contributed by atoms with E-state index in [4.69, 9.17) is 4.84 Å². The number of imide groups is 1. The van der Waals surface area contributed by atoms with Crippen LogP contribution in [0.1, 0.15) is 36.9 Å². The number of hydrogen-bond donors (Lipinski definition) is 1. The van der Waals surface area contributed by atoms with Gasteiger partial charge < -0.3 is 5.11 Å². The van der Waals surface area contributed by atoms with Crippen LogP contribution in [0.25, 0.3) is 0 Å². The number of phenolic OH excluding ortho intramolecular Hbond substituents is 1. The van der Waals surface area contributed by atoms with Crippen molar-refractivity contribution < 1.29 is 19.5 Å². The molecule has 7 heteroatoms. The maximum absolute atomic E-state index is 13.3. The van der Waals surface area contributed by atoms with Crippen LogP contribution in [-0.4, -0.2) is 34.5 Å². The van der Waals surface area contributed by atoms with Gasteiger partial charge in [-0.2, -0.15) is 0 Å². The van der Waals surface area contributed by atoms with Gasteiger partial charge in [0.15, 0.2) is 6.10 Å². The van der Waals surface area contributed by atoms with Gasteiger partial charge in [0.2, 0.25) is 5.91 Å². The molecule has 2 aromatic carbocycles. The molecule has 2 fully saturated rings. The number of hydroxylamine groups is 1. The number of amides is 2. The van der Waals surface area contributed by atoms with Crippen LogP contribution in [0.4, 0.5) is 5.69 Å². The molecule has 2 heterocycles. The number of unbranched alkanes of at least 4 members (excludes halogenated alkanes) is 1. The average molecular weight is 459 g/mol. The Morgan fingerprint density at radius 2 is 1.90 bits per heavy atom. The quantitative estimate of drug-likeness (QED) is 0.682. The van der Waals surface area contributed by atoms with E-state index in [0.717, 1.165) is 28.6 Å². The van der Waals surface area contributed by atoms with Crippen molar-refractivity contribution in [2.45, 2.75) is 38.8 Å². The second-order valence-electron chi connectivity index (χ2n) is 7.49. The lowest BCUT2D eigenvalue weighted by atomic mass is 9.90. The molecule has 0 radical (unpaired) electrons. The highest BCUT2D eigenvalue weighted by molar-refractivity contribution is 9.10. The van der Waals surface area contributed by atoms with E-state index < -0.39 is 18.1 Å². The summed E-state index contributed by atoms with van der Waals surface area (Å²) >= 11 is 3.45. The van der Waals surface area contributed by atoms with Gasteiger partial charge in [-0.3, -0.25) is 19.3 Å². The second kappa shape index (κ2) is 7.80. The summed E-state index contributed by atoms with van der Waals surface area (Å²) in [5.74, 6) is -1.19. The number of para-hydroxylation sites is 1. The predicted molar refractivity (Wildman–Crippen MR) is 112 cm³/mol. The van der Waals surface area contributed by atoms with Crippen molar-refractivity contribution in [3.63, 3.8) is 0 Å². The second-order valence-corrected chi connectivity index (χ2v) is 8.41. The number of carbonyl (C=O) groups excluding carboxylic acids is 2. The largest absolute Gasteiger partial charge is 0.508 e. The zero-order valence-corrected chi connectivity index (χ0v) is 17.9. The fraction of sp³-hybridized carbons (Fsp3) is 0.364. The van der Waals surface area contributed by atoms with Gasteiger partial charge in [-0.1, -0.05) is 47.5 Å². The first-order valence-electron chi connectivity index (χ1n) is 9.79. The van der Waals surface area contributed by atoms with Crippen molar-refractivity contribution in [2.75, 3.05) is 11.6 Å². The van der Waals surface area contributed by atoms with E-state index in [-0.39, 0.29) is 17.6 Å². The Labute approximate surface area is 178 Å². The SMILES string of the molecule is CCCCN1C(=O)C2ON(c3ccccc3C)C(c3cc(Br)ccc3O)C2C1=O. The average Bonchev–Trinajstić information content (AvgIpc) is 3.19. The summed E-state index contributed by atoms with van der Waals surface area (Å²) in [6.45, 7) is 4.36. The molecule has 3 atom stereocenters. The molecule has 2 amide bonds.